The molecule has 6 heteroatoms. The van der Waals surface area contributed by atoms with Crippen LogP contribution in [0.2, 0.25) is 5.02 Å². The van der Waals surface area contributed by atoms with Gasteiger partial charge < -0.3 is 19.3 Å². The molecule has 0 radical (unpaired) electrons. The highest BCUT2D eigenvalue weighted by Gasteiger charge is 2.32. The van der Waals surface area contributed by atoms with E-state index in [1.807, 2.05) is 0 Å². The number of halogens is 1. The van der Waals surface area contributed by atoms with Crippen molar-refractivity contribution in [3.63, 3.8) is 0 Å². The third-order valence-corrected chi connectivity index (χ3v) is 2.62. The van der Waals surface area contributed by atoms with E-state index >= 15 is 0 Å². The van der Waals surface area contributed by atoms with Crippen LogP contribution in [-0.2, 0) is 9.53 Å². The maximum Gasteiger partial charge on any atom is 0.349 e. The summed E-state index contributed by atoms with van der Waals surface area (Å²) in [5.74, 6) is 0.257. The molecule has 1 aromatic rings. The van der Waals surface area contributed by atoms with Crippen molar-refractivity contribution in [1.29, 1.82) is 0 Å². The number of benzene rings is 1. The topological polar surface area (TPSA) is 65.0 Å². The molecule has 0 aliphatic rings. The lowest BCUT2D eigenvalue weighted by Gasteiger charge is -2.25. The quantitative estimate of drug-likeness (QED) is 0.784. The highest BCUT2D eigenvalue weighted by molar-refractivity contribution is 6.30. The minimum atomic E-state index is -1.15. The number of hydrogen-bond acceptors (Lipinski definition) is 5. The van der Waals surface area contributed by atoms with Gasteiger partial charge in [0, 0.05) is 11.1 Å². The van der Waals surface area contributed by atoms with E-state index in [0.29, 0.717) is 16.5 Å². The average Bonchev–Trinajstić information content (AvgIpc) is 2.39. The number of aliphatic hydroxyl groups is 1. The normalized spacial score (nSPS) is 11.1. The van der Waals surface area contributed by atoms with Crippen LogP contribution in [0.15, 0.2) is 18.2 Å². The van der Waals surface area contributed by atoms with Gasteiger partial charge in [0.15, 0.2) is 17.1 Å². The molecule has 0 atom stereocenters. The Morgan fingerprint density at radius 1 is 1.35 bits per heavy atom. The summed E-state index contributed by atoms with van der Waals surface area (Å²) >= 11 is 5.89. The van der Waals surface area contributed by atoms with Crippen LogP contribution in [0.5, 0.6) is 11.5 Å². The highest BCUT2D eigenvalue weighted by atomic mass is 35.5. The first kappa shape index (κ1) is 16.6. The van der Waals surface area contributed by atoms with E-state index in [-0.39, 0.29) is 19.8 Å². The van der Waals surface area contributed by atoms with Crippen molar-refractivity contribution in [2.75, 3.05) is 19.8 Å². The number of esters is 1. The Morgan fingerprint density at radius 3 is 2.65 bits per heavy atom. The molecule has 0 aliphatic carbocycles. The Hall–Kier alpha value is -1.46. The van der Waals surface area contributed by atoms with Crippen molar-refractivity contribution >= 4 is 17.6 Å². The Morgan fingerprint density at radius 2 is 2.05 bits per heavy atom. The molecule has 0 aromatic heterocycles. The molecule has 5 nitrogen and oxygen atoms in total. The minimum absolute atomic E-state index is 0.108. The third kappa shape index (κ3) is 4.58. The second kappa shape index (κ2) is 7.36. The molecule has 0 spiro atoms. The highest BCUT2D eigenvalue weighted by Crippen LogP contribution is 2.33. The van der Waals surface area contributed by atoms with E-state index in [4.69, 9.17) is 30.9 Å². The summed E-state index contributed by atoms with van der Waals surface area (Å²) in [4.78, 5) is 11.8. The number of carbonyl (C=O) groups excluding carboxylic acids is 1. The molecule has 0 saturated heterocycles. The molecule has 112 valence electrons. The van der Waals surface area contributed by atoms with Gasteiger partial charge in [-0.15, -0.1) is 0 Å². The fourth-order valence-corrected chi connectivity index (χ4v) is 1.62. The number of rotatable bonds is 7. The largest absolute Gasteiger partial charge is 0.487 e. The van der Waals surface area contributed by atoms with Gasteiger partial charge >= 0.3 is 5.97 Å². The third-order valence-electron chi connectivity index (χ3n) is 2.39. The first-order valence-electron chi connectivity index (χ1n) is 6.30. The van der Waals surface area contributed by atoms with Crippen LogP contribution < -0.4 is 9.47 Å². The van der Waals surface area contributed by atoms with E-state index in [2.05, 4.69) is 0 Å². The van der Waals surface area contributed by atoms with Crippen LogP contribution in [0, 0.1) is 0 Å². The van der Waals surface area contributed by atoms with E-state index in [9.17, 15) is 4.79 Å². The van der Waals surface area contributed by atoms with Crippen molar-refractivity contribution in [3.8, 4) is 11.5 Å². The van der Waals surface area contributed by atoms with Gasteiger partial charge in [-0.1, -0.05) is 11.6 Å². The van der Waals surface area contributed by atoms with Crippen LogP contribution in [0.25, 0.3) is 0 Å². The molecule has 1 aromatic carbocycles. The van der Waals surface area contributed by atoms with Gasteiger partial charge in [0.05, 0.1) is 13.2 Å². The molecular weight excluding hydrogens is 284 g/mol. The summed E-state index contributed by atoms with van der Waals surface area (Å²) in [6.07, 6.45) is 0. The monoisotopic (exact) mass is 302 g/mol. The molecule has 0 aliphatic heterocycles. The predicted octanol–water partition coefficient (Wildman–Crippen LogP) is 2.43. The molecule has 1 rings (SSSR count). The molecule has 0 unspecified atom stereocenters. The number of carbonyl (C=O) groups is 1. The summed E-state index contributed by atoms with van der Waals surface area (Å²) in [5.41, 5.74) is -1.15. The molecule has 0 bridgehead atoms. The summed E-state index contributed by atoms with van der Waals surface area (Å²) in [6.45, 7) is 5.20. The molecular formula is C14H19ClO5. The molecule has 1 N–H and O–H groups in total. The van der Waals surface area contributed by atoms with Crippen LogP contribution >= 0.6 is 11.6 Å². The first-order chi connectivity index (χ1) is 9.40. The summed E-state index contributed by atoms with van der Waals surface area (Å²) < 4.78 is 16.0. The van der Waals surface area contributed by atoms with Crippen LogP contribution in [0.3, 0.4) is 0 Å². The van der Waals surface area contributed by atoms with Crippen LogP contribution in [-0.4, -0.2) is 36.5 Å². The number of hydrogen-bond donors (Lipinski definition) is 1. The molecule has 0 fully saturated rings. The predicted molar refractivity (Wildman–Crippen MR) is 75.4 cm³/mol. The van der Waals surface area contributed by atoms with Crippen molar-refractivity contribution in [1.82, 2.24) is 0 Å². The molecule has 0 heterocycles. The lowest BCUT2D eigenvalue weighted by atomic mass is 10.1. The van der Waals surface area contributed by atoms with Gasteiger partial charge in [0.2, 0.25) is 0 Å². The maximum absolute atomic E-state index is 11.8. The lowest BCUT2D eigenvalue weighted by molar-refractivity contribution is -0.158. The lowest BCUT2D eigenvalue weighted by Crippen LogP contribution is -2.39. The molecule has 0 amide bonds. The van der Waals surface area contributed by atoms with E-state index < -0.39 is 11.6 Å². The van der Waals surface area contributed by atoms with Crippen molar-refractivity contribution < 1.29 is 24.1 Å². The van der Waals surface area contributed by atoms with Gasteiger partial charge in [-0.2, -0.15) is 0 Å². The van der Waals surface area contributed by atoms with E-state index in [0.717, 1.165) is 0 Å². The zero-order valence-corrected chi connectivity index (χ0v) is 12.6. The Kier molecular flexibility index (Phi) is 6.10. The number of ether oxygens (including phenoxy) is 3. The Bertz CT molecular complexity index is 459. The minimum Gasteiger partial charge on any atom is -0.487 e. The zero-order chi connectivity index (χ0) is 15.2. The van der Waals surface area contributed by atoms with Gasteiger partial charge in [-0.05, 0) is 32.9 Å². The Labute approximate surface area is 123 Å². The summed E-state index contributed by atoms with van der Waals surface area (Å²) in [7, 11) is 0. The Balaban J connectivity index is 2.92. The van der Waals surface area contributed by atoms with Crippen LogP contribution in [0.1, 0.15) is 20.8 Å². The van der Waals surface area contributed by atoms with Crippen LogP contribution in [0.4, 0.5) is 0 Å². The van der Waals surface area contributed by atoms with Crippen molar-refractivity contribution in [2.45, 2.75) is 26.4 Å². The fourth-order valence-electron chi connectivity index (χ4n) is 1.46. The van der Waals surface area contributed by atoms with Gasteiger partial charge in [-0.3, -0.25) is 0 Å². The summed E-state index contributed by atoms with van der Waals surface area (Å²) in [6, 6.07) is 4.80. The van der Waals surface area contributed by atoms with Crippen molar-refractivity contribution in [2.24, 2.45) is 0 Å². The summed E-state index contributed by atoms with van der Waals surface area (Å²) in [5, 5.41) is 9.28. The molecule has 20 heavy (non-hydrogen) atoms. The number of aliphatic hydroxyl groups excluding tert-OH is 1. The standard InChI is InChI=1S/C14H19ClO5/c1-4-18-13(17)14(2,3)20-11-6-5-10(15)9-12(11)19-8-7-16/h5-6,9,16H,4,7-8H2,1-3H3. The van der Waals surface area contributed by atoms with E-state index in [1.54, 1.807) is 39.0 Å². The smallest absolute Gasteiger partial charge is 0.349 e. The average molecular weight is 303 g/mol. The fraction of sp³-hybridized carbons (Fsp3) is 0.500. The van der Waals surface area contributed by atoms with Crippen molar-refractivity contribution in [3.05, 3.63) is 23.2 Å². The van der Waals surface area contributed by atoms with Gasteiger partial charge in [0.1, 0.15) is 6.61 Å². The zero-order valence-electron chi connectivity index (χ0n) is 11.8. The maximum atomic E-state index is 11.8. The SMILES string of the molecule is CCOC(=O)C(C)(C)Oc1ccc(Cl)cc1OCCO. The first-order valence-corrected chi connectivity index (χ1v) is 6.68. The molecule has 0 saturated carbocycles. The van der Waals surface area contributed by atoms with Gasteiger partial charge in [0.25, 0.3) is 0 Å². The second-order valence-corrected chi connectivity index (χ2v) is 4.93. The van der Waals surface area contributed by atoms with E-state index in [1.165, 1.54) is 0 Å². The van der Waals surface area contributed by atoms with Gasteiger partial charge in [-0.25, -0.2) is 4.79 Å². The second-order valence-electron chi connectivity index (χ2n) is 4.50.